The van der Waals surface area contributed by atoms with E-state index >= 15 is 0 Å². The lowest BCUT2D eigenvalue weighted by atomic mass is 10.2. The molecule has 1 rings (SSSR count). The van der Waals surface area contributed by atoms with Crippen LogP contribution in [0.15, 0.2) is 24.3 Å². The van der Waals surface area contributed by atoms with Crippen LogP contribution in [0.5, 0.6) is 0 Å². The van der Waals surface area contributed by atoms with Crippen LogP contribution in [0.3, 0.4) is 0 Å². The van der Waals surface area contributed by atoms with E-state index in [1.807, 2.05) is 13.8 Å². The number of nitrogens with zero attached hydrogens (tertiary/aromatic N) is 4. The molecule has 0 spiro atoms. The van der Waals surface area contributed by atoms with Gasteiger partial charge in [0, 0.05) is 0 Å². The molecule has 22 heavy (non-hydrogen) atoms. The molecule has 0 aromatic heterocycles. The third kappa shape index (κ3) is 8.16. The first-order valence-corrected chi connectivity index (χ1v) is 6.58. The summed E-state index contributed by atoms with van der Waals surface area (Å²) in [6.45, 7) is 21.8. The highest BCUT2D eigenvalue weighted by Crippen LogP contribution is 1.92. The second-order valence-electron chi connectivity index (χ2n) is 3.43. The van der Waals surface area contributed by atoms with Gasteiger partial charge in [-0.3, -0.25) is 0 Å². The normalized spacial score (nSPS) is 6.73. The number of benzene rings is 1. The maximum atomic E-state index is 8.64. The molecule has 0 fully saturated rings. The SMILES string of the molecule is C.CC.CCC.[C-]#[N+]C(C#N)=c1ccc(=C(C#N)[N+]#[C-])cc1. The molecule has 0 aliphatic carbocycles. The molecule has 0 atom stereocenters. The highest BCUT2D eigenvalue weighted by molar-refractivity contribution is 5.67. The Kier molecular flexibility index (Phi) is 17.4. The zero-order chi connectivity index (χ0) is 16.7. The maximum absolute atomic E-state index is 8.64. The van der Waals surface area contributed by atoms with Gasteiger partial charge in [0.15, 0.2) is 0 Å². The molecule has 0 radical (unpaired) electrons. The Morgan fingerprint density at radius 2 is 1.14 bits per heavy atom. The third-order valence-corrected chi connectivity index (χ3v) is 1.87. The van der Waals surface area contributed by atoms with E-state index in [0.717, 1.165) is 0 Å². The fourth-order valence-electron chi connectivity index (χ4n) is 1.09. The first-order valence-electron chi connectivity index (χ1n) is 6.58. The van der Waals surface area contributed by atoms with E-state index in [9.17, 15) is 0 Å². The van der Waals surface area contributed by atoms with E-state index in [1.54, 1.807) is 36.4 Å². The van der Waals surface area contributed by atoms with Crippen LogP contribution < -0.4 is 10.4 Å². The van der Waals surface area contributed by atoms with Gasteiger partial charge in [-0.25, -0.2) is 20.2 Å². The van der Waals surface area contributed by atoms with Gasteiger partial charge in [0.2, 0.25) is 0 Å². The van der Waals surface area contributed by atoms with E-state index in [2.05, 4.69) is 23.5 Å². The summed E-state index contributed by atoms with van der Waals surface area (Å²) in [4.78, 5) is 6.13. The Bertz CT molecular complexity index is 598. The highest BCUT2D eigenvalue weighted by atomic mass is 14.7. The van der Waals surface area contributed by atoms with Crippen molar-refractivity contribution < 1.29 is 0 Å². The summed E-state index contributed by atoms with van der Waals surface area (Å²) in [6, 6.07) is 9.75. The average Bonchev–Trinajstić information content (AvgIpc) is 2.54. The van der Waals surface area contributed by atoms with E-state index in [0.29, 0.717) is 10.4 Å². The summed E-state index contributed by atoms with van der Waals surface area (Å²) < 4.78 is 0. The van der Waals surface area contributed by atoms with Gasteiger partial charge in [-0.15, -0.1) is 0 Å². The molecule has 0 saturated heterocycles. The minimum absolute atomic E-state index is 0. The number of nitriles is 2. The molecule has 4 nitrogen and oxygen atoms in total. The lowest BCUT2D eigenvalue weighted by molar-refractivity contribution is 1.09. The summed E-state index contributed by atoms with van der Waals surface area (Å²) >= 11 is 0. The molecule has 114 valence electrons. The zero-order valence-electron chi connectivity index (χ0n) is 12.8. The standard InChI is InChI=1S/C12H4N4.C3H8.C2H6.CH4/c1-15-11(7-13)9-3-5-10(6-4-9)12(8-14)16-2;1-3-2;1-2;/h3-6H;3H2,1-2H3;1-2H3;1H4. The Morgan fingerprint density at radius 3 is 1.27 bits per heavy atom. The molecule has 4 heteroatoms. The number of hydrogen-bond acceptors (Lipinski definition) is 2. The molecule has 0 heterocycles. The molecule has 0 saturated carbocycles. The lowest BCUT2D eigenvalue weighted by Crippen LogP contribution is -2.10. The van der Waals surface area contributed by atoms with Crippen LogP contribution in [0.1, 0.15) is 41.5 Å². The highest BCUT2D eigenvalue weighted by Gasteiger charge is 1.96. The predicted octanol–water partition coefficient (Wildman–Crippen LogP) is 3.87. The fourth-order valence-corrected chi connectivity index (χ4v) is 1.09. The van der Waals surface area contributed by atoms with E-state index in [-0.39, 0.29) is 18.8 Å². The molecule has 0 unspecified atom stereocenters. The van der Waals surface area contributed by atoms with Crippen molar-refractivity contribution in [2.75, 3.05) is 0 Å². The third-order valence-electron chi connectivity index (χ3n) is 1.87. The van der Waals surface area contributed by atoms with E-state index < -0.39 is 0 Å². The number of hydrogen-bond donors (Lipinski definition) is 0. The van der Waals surface area contributed by atoms with Crippen LogP contribution in [-0.2, 0) is 0 Å². The Hall–Kier alpha value is -3.08. The van der Waals surface area contributed by atoms with Gasteiger partial charge in [0.05, 0.1) is 25.3 Å². The minimum atomic E-state index is -0.00660. The minimum Gasteiger partial charge on any atom is -0.226 e. The van der Waals surface area contributed by atoms with Crippen molar-refractivity contribution in [3.8, 4) is 12.1 Å². The smallest absolute Gasteiger partial charge is 0.226 e. The Morgan fingerprint density at radius 1 is 0.909 bits per heavy atom. The lowest BCUT2D eigenvalue weighted by Gasteiger charge is -1.88. The first kappa shape index (κ1) is 24.0. The molecule has 0 N–H and O–H groups in total. The molecule has 0 bridgehead atoms. The summed E-state index contributed by atoms with van der Waals surface area (Å²) in [6.07, 6.45) is 1.25. The Labute approximate surface area is 133 Å². The van der Waals surface area contributed by atoms with Gasteiger partial charge in [0.25, 0.3) is 11.4 Å². The molecular formula is C18H22N4. The van der Waals surface area contributed by atoms with Crippen LogP contribution in [-0.4, -0.2) is 0 Å². The molecule has 1 aromatic carbocycles. The van der Waals surface area contributed by atoms with Crippen molar-refractivity contribution >= 4 is 11.4 Å². The van der Waals surface area contributed by atoms with Crippen LogP contribution >= 0.6 is 0 Å². The Balaban J connectivity index is -0.000000536. The quantitative estimate of drug-likeness (QED) is 0.682. The van der Waals surface area contributed by atoms with Crippen LogP contribution in [0, 0.1) is 35.8 Å². The summed E-state index contributed by atoms with van der Waals surface area (Å²) in [7, 11) is 0. The summed E-state index contributed by atoms with van der Waals surface area (Å²) in [5, 5.41) is 18.3. The molecule has 0 amide bonds. The van der Waals surface area contributed by atoms with Gasteiger partial charge >= 0.3 is 0 Å². The average molecular weight is 294 g/mol. The molecule has 0 aliphatic rings. The molecule has 1 aromatic rings. The van der Waals surface area contributed by atoms with E-state index in [4.69, 9.17) is 23.7 Å². The largest absolute Gasteiger partial charge is 0.268 e. The van der Waals surface area contributed by atoms with E-state index in [1.165, 1.54) is 6.42 Å². The van der Waals surface area contributed by atoms with Gasteiger partial charge in [-0.1, -0.05) is 65.8 Å². The van der Waals surface area contributed by atoms with Crippen molar-refractivity contribution in [2.45, 2.75) is 41.5 Å². The first-order chi connectivity index (χ1) is 10.2. The van der Waals surface area contributed by atoms with Crippen molar-refractivity contribution in [1.29, 1.82) is 10.5 Å². The maximum Gasteiger partial charge on any atom is 0.268 e. The van der Waals surface area contributed by atoms with Gasteiger partial charge in [-0.2, -0.15) is 0 Å². The van der Waals surface area contributed by atoms with Crippen molar-refractivity contribution in [3.63, 3.8) is 0 Å². The molecule has 0 aliphatic heterocycles. The fraction of sp³-hybridized carbons (Fsp3) is 0.333. The van der Waals surface area contributed by atoms with Crippen LogP contribution in [0.25, 0.3) is 21.1 Å². The van der Waals surface area contributed by atoms with Gasteiger partial charge < -0.3 is 0 Å². The van der Waals surface area contributed by atoms with Crippen molar-refractivity contribution in [1.82, 2.24) is 0 Å². The molecular weight excluding hydrogens is 272 g/mol. The zero-order valence-corrected chi connectivity index (χ0v) is 12.8. The van der Waals surface area contributed by atoms with Gasteiger partial charge in [-0.05, 0) is 10.4 Å². The van der Waals surface area contributed by atoms with Crippen LogP contribution in [0.4, 0.5) is 0 Å². The monoisotopic (exact) mass is 294 g/mol. The second-order valence-corrected chi connectivity index (χ2v) is 3.43. The van der Waals surface area contributed by atoms with Crippen LogP contribution in [0.2, 0.25) is 0 Å². The topological polar surface area (TPSA) is 56.3 Å². The van der Waals surface area contributed by atoms with Gasteiger partial charge in [0.1, 0.15) is 0 Å². The van der Waals surface area contributed by atoms with Crippen molar-refractivity contribution in [3.05, 3.63) is 57.5 Å². The predicted molar refractivity (Wildman–Crippen MR) is 91.0 cm³/mol. The summed E-state index contributed by atoms with van der Waals surface area (Å²) in [5.41, 5.74) is -0.0132. The second kappa shape index (κ2) is 16.0. The van der Waals surface area contributed by atoms with Crippen molar-refractivity contribution in [2.24, 2.45) is 0 Å². The summed E-state index contributed by atoms with van der Waals surface area (Å²) in [5.74, 6) is 0. The number of rotatable bonds is 0.